The van der Waals surface area contributed by atoms with Crippen molar-refractivity contribution >= 4 is 0 Å². The summed E-state index contributed by atoms with van der Waals surface area (Å²) >= 11 is 0. The van der Waals surface area contributed by atoms with E-state index in [1.165, 1.54) is 31.4 Å². The highest BCUT2D eigenvalue weighted by atomic mass is 15.2. The van der Waals surface area contributed by atoms with E-state index in [1.807, 2.05) is 0 Å². The lowest BCUT2D eigenvalue weighted by molar-refractivity contribution is 0.241. The van der Waals surface area contributed by atoms with Crippen LogP contribution in [0.3, 0.4) is 0 Å². The lowest BCUT2D eigenvalue weighted by Crippen LogP contribution is -2.41. The number of nitrogens with one attached hydrogen (secondary N) is 1. The SMILES string of the molecule is CC1C(NC2CC2)CCN1Cc1ccccc1. The van der Waals surface area contributed by atoms with Crippen LogP contribution in [0.5, 0.6) is 0 Å². The number of likely N-dealkylation sites (tertiary alicyclic amines) is 1. The Morgan fingerprint density at radius 1 is 1.18 bits per heavy atom. The van der Waals surface area contributed by atoms with Gasteiger partial charge in [0.2, 0.25) is 0 Å². The van der Waals surface area contributed by atoms with Crippen molar-refractivity contribution in [3.63, 3.8) is 0 Å². The predicted molar refractivity (Wildman–Crippen MR) is 70.9 cm³/mol. The van der Waals surface area contributed by atoms with Crippen LogP contribution in [0.2, 0.25) is 0 Å². The Morgan fingerprint density at radius 3 is 2.65 bits per heavy atom. The van der Waals surface area contributed by atoms with Crippen molar-refractivity contribution in [1.29, 1.82) is 0 Å². The van der Waals surface area contributed by atoms with Crippen LogP contribution in [-0.4, -0.2) is 29.6 Å². The van der Waals surface area contributed by atoms with E-state index in [0.29, 0.717) is 12.1 Å². The van der Waals surface area contributed by atoms with Gasteiger partial charge in [0.25, 0.3) is 0 Å². The van der Waals surface area contributed by atoms with E-state index < -0.39 is 0 Å². The zero-order valence-electron chi connectivity index (χ0n) is 10.6. The van der Waals surface area contributed by atoms with E-state index in [1.54, 1.807) is 0 Å². The molecular formula is C15H22N2. The Bertz CT molecular complexity index is 358. The third-order valence-electron chi connectivity index (χ3n) is 4.14. The maximum atomic E-state index is 3.78. The predicted octanol–water partition coefficient (Wildman–Crippen LogP) is 2.40. The van der Waals surface area contributed by atoms with Crippen LogP contribution in [-0.2, 0) is 6.54 Å². The summed E-state index contributed by atoms with van der Waals surface area (Å²) in [7, 11) is 0. The fourth-order valence-corrected chi connectivity index (χ4v) is 2.82. The summed E-state index contributed by atoms with van der Waals surface area (Å²) in [5.74, 6) is 0. The first-order valence-corrected chi connectivity index (χ1v) is 6.87. The number of nitrogens with zero attached hydrogens (tertiary/aromatic N) is 1. The summed E-state index contributed by atoms with van der Waals surface area (Å²) in [5.41, 5.74) is 1.44. The van der Waals surface area contributed by atoms with E-state index in [-0.39, 0.29) is 0 Å². The molecule has 1 aliphatic heterocycles. The Kier molecular flexibility index (Phi) is 3.17. The van der Waals surface area contributed by atoms with Gasteiger partial charge in [-0.25, -0.2) is 0 Å². The lowest BCUT2D eigenvalue weighted by atomic mass is 10.1. The molecule has 2 atom stereocenters. The minimum absolute atomic E-state index is 0.677. The quantitative estimate of drug-likeness (QED) is 0.854. The Hall–Kier alpha value is -0.860. The zero-order chi connectivity index (χ0) is 11.7. The van der Waals surface area contributed by atoms with Crippen molar-refractivity contribution in [2.45, 2.75) is 50.9 Å². The Labute approximate surface area is 104 Å². The lowest BCUT2D eigenvalue weighted by Gasteiger charge is -2.25. The van der Waals surface area contributed by atoms with Crippen molar-refractivity contribution < 1.29 is 0 Å². The molecular weight excluding hydrogens is 208 g/mol. The van der Waals surface area contributed by atoms with Crippen molar-refractivity contribution in [2.75, 3.05) is 6.54 Å². The van der Waals surface area contributed by atoms with Crippen LogP contribution in [0.15, 0.2) is 30.3 Å². The summed E-state index contributed by atoms with van der Waals surface area (Å²) in [6.07, 6.45) is 4.09. The summed E-state index contributed by atoms with van der Waals surface area (Å²) in [4.78, 5) is 2.61. The van der Waals surface area contributed by atoms with E-state index in [4.69, 9.17) is 0 Å². The van der Waals surface area contributed by atoms with Crippen LogP contribution in [0.4, 0.5) is 0 Å². The molecule has 1 saturated heterocycles. The van der Waals surface area contributed by atoms with Gasteiger partial charge in [0.1, 0.15) is 0 Å². The van der Waals surface area contributed by atoms with Crippen LogP contribution >= 0.6 is 0 Å². The highest BCUT2D eigenvalue weighted by Crippen LogP contribution is 2.25. The molecule has 3 rings (SSSR count). The second-order valence-corrected chi connectivity index (χ2v) is 5.53. The minimum Gasteiger partial charge on any atom is -0.310 e. The summed E-state index contributed by atoms with van der Waals surface area (Å²) in [6.45, 7) is 4.71. The van der Waals surface area contributed by atoms with Gasteiger partial charge in [-0.3, -0.25) is 4.90 Å². The van der Waals surface area contributed by atoms with Crippen molar-refractivity contribution in [3.05, 3.63) is 35.9 Å². The van der Waals surface area contributed by atoms with Gasteiger partial charge >= 0.3 is 0 Å². The average Bonchev–Trinajstić information content (AvgIpc) is 3.11. The second-order valence-electron chi connectivity index (χ2n) is 5.53. The van der Waals surface area contributed by atoms with Gasteiger partial charge < -0.3 is 5.32 Å². The van der Waals surface area contributed by atoms with Crippen molar-refractivity contribution in [3.8, 4) is 0 Å². The molecule has 0 radical (unpaired) electrons. The monoisotopic (exact) mass is 230 g/mol. The first-order chi connectivity index (χ1) is 8.33. The molecule has 2 nitrogen and oxygen atoms in total. The molecule has 0 amide bonds. The van der Waals surface area contributed by atoms with Crippen LogP contribution in [0.25, 0.3) is 0 Å². The molecule has 1 aliphatic carbocycles. The molecule has 2 fully saturated rings. The maximum Gasteiger partial charge on any atom is 0.0237 e. The molecule has 1 aromatic rings. The molecule has 1 aromatic carbocycles. The fourth-order valence-electron chi connectivity index (χ4n) is 2.82. The molecule has 1 heterocycles. The number of rotatable bonds is 4. The molecule has 2 aliphatic rings. The van der Waals surface area contributed by atoms with Gasteiger partial charge in [-0.15, -0.1) is 0 Å². The van der Waals surface area contributed by atoms with Crippen LogP contribution in [0.1, 0.15) is 31.7 Å². The maximum absolute atomic E-state index is 3.78. The van der Waals surface area contributed by atoms with Gasteiger partial charge in [0.15, 0.2) is 0 Å². The normalized spacial score (nSPS) is 29.7. The highest BCUT2D eigenvalue weighted by molar-refractivity contribution is 5.15. The Balaban J connectivity index is 1.57. The first kappa shape index (κ1) is 11.2. The third kappa shape index (κ3) is 2.70. The number of hydrogen-bond acceptors (Lipinski definition) is 2. The minimum atomic E-state index is 0.677. The van der Waals surface area contributed by atoms with E-state index in [2.05, 4.69) is 47.5 Å². The Morgan fingerprint density at radius 2 is 1.94 bits per heavy atom. The molecule has 0 bridgehead atoms. The smallest absolute Gasteiger partial charge is 0.0237 e. The van der Waals surface area contributed by atoms with Gasteiger partial charge in [0.05, 0.1) is 0 Å². The summed E-state index contributed by atoms with van der Waals surface area (Å²) < 4.78 is 0. The second kappa shape index (κ2) is 4.79. The zero-order valence-corrected chi connectivity index (χ0v) is 10.6. The molecule has 1 N–H and O–H groups in total. The van der Waals surface area contributed by atoms with E-state index in [0.717, 1.165) is 12.6 Å². The highest BCUT2D eigenvalue weighted by Gasteiger charge is 2.34. The van der Waals surface area contributed by atoms with Gasteiger partial charge in [0, 0.05) is 31.2 Å². The van der Waals surface area contributed by atoms with Crippen LogP contribution < -0.4 is 5.32 Å². The summed E-state index contributed by atoms with van der Waals surface area (Å²) in [5, 5.41) is 3.78. The van der Waals surface area contributed by atoms with Gasteiger partial charge in [-0.1, -0.05) is 30.3 Å². The molecule has 1 saturated carbocycles. The average molecular weight is 230 g/mol. The molecule has 2 unspecified atom stereocenters. The first-order valence-electron chi connectivity index (χ1n) is 6.87. The standard InChI is InChI=1S/C15H22N2/c1-12-15(16-14-7-8-14)9-10-17(12)11-13-5-3-2-4-6-13/h2-6,12,14-16H,7-11H2,1H3. The molecule has 0 aromatic heterocycles. The topological polar surface area (TPSA) is 15.3 Å². The molecule has 92 valence electrons. The third-order valence-corrected chi connectivity index (χ3v) is 4.14. The van der Waals surface area contributed by atoms with Gasteiger partial charge in [-0.2, -0.15) is 0 Å². The van der Waals surface area contributed by atoms with E-state index in [9.17, 15) is 0 Å². The number of benzene rings is 1. The molecule has 17 heavy (non-hydrogen) atoms. The van der Waals surface area contributed by atoms with E-state index >= 15 is 0 Å². The summed E-state index contributed by atoms with van der Waals surface area (Å²) in [6, 6.07) is 13.0. The number of hydrogen-bond donors (Lipinski definition) is 1. The van der Waals surface area contributed by atoms with Crippen LogP contribution in [0, 0.1) is 0 Å². The van der Waals surface area contributed by atoms with Crippen molar-refractivity contribution in [2.24, 2.45) is 0 Å². The fraction of sp³-hybridized carbons (Fsp3) is 0.600. The molecule has 0 spiro atoms. The van der Waals surface area contributed by atoms with Gasteiger partial charge in [-0.05, 0) is 31.7 Å². The largest absolute Gasteiger partial charge is 0.310 e. The van der Waals surface area contributed by atoms with Crippen molar-refractivity contribution in [1.82, 2.24) is 10.2 Å². The molecule has 2 heteroatoms.